The summed E-state index contributed by atoms with van der Waals surface area (Å²) in [6.45, 7) is 2.43. The number of terminal acetylenes is 1. The lowest BCUT2D eigenvalue weighted by molar-refractivity contribution is -0.122. The Morgan fingerprint density at radius 1 is 1.42 bits per heavy atom. The van der Waals surface area contributed by atoms with Gasteiger partial charge in [0.25, 0.3) is 5.91 Å². The zero-order chi connectivity index (χ0) is 17.7. The van der Waals surface area contributed by atoms with E-state index >= 15 is 0 Å². The minimum absolute atomic E-state index is 0.132. The number of hydrogen-bond acceptors (Lipinski definition) is 4. The second-order valence-corrected chi connectivity index (χ2v) is 6.13. The molecule has 0 saturated carbocycles. The first-order valence-electron chi connectivity index (χ1n) is 7.30. The van der Waals surface area contributed by atoms with E-state index in [4.69, 9.17) is 15.9 Å². The standard InChI is InChI=1S/C17H17IN2O4/c1-4-6-20-16(21)13(19-17(20)22)9-11-8-12(18)15(24-7-5-2)14(10-11)23-3/h2,8-10H,4,6-7H2,1,3H3,(H,19,22)/b13-9+. The van der Waals surface area contributed by atoms with Crippen molar-refractivity contribution >= 4 is 40.6 Å². The van der Waals surface area contributed by atoms with Crippen molar-refractivity contribution in [2.45, 2.75) is 13.3 Å². The van der Waals surface area contributed by atoms with E-state index in [1.165, 1.54) is 12.0 Å². The predicted octanol–water partition coefficient (Wildman–Crippen LogP) is 2.61. The number of amides is 3. The lowest BCUT2D eigenvalue weighted by Crippen LogP contribution is -2.31. The fourth-order valence-electron chi connectivity index (χ4n) is 2.24. The van der Waals surface area contributed by atoms with Gasteiger partial charge in [-0.2, -0.15) is 0 Å². The fraction of sp³-hybridized carbons (Fsp3) is 0.294. The van der Waals surface area contributed by atoms with Gasteiger partial charge in [-0.05, 0) is 52.8 Å². The number of carbonyl (C=O) groups excluding carboxylic acids is 2. The maximum Gasteiger partial charge on any atom is 0.329 e. The van der Waals surface area contributed by atoms with Gasteiger partial charge in [-0.25, -0.2) is 4.79 Å². The lowest BCUT2D eigenvalue weighted by Gasteiger charge is -2.12. The molecule has 2 rings (SSSR count). The number of benzene rings is 1. The van der Waals surface area contributed by atoms with Crippen molar-refractivity contribution in [2.24, 2.45) is 0 Å². The molecule has 1 aromatic carbocycles. The van der Waals surface area contributed by atoms with Crippen LogP contribution in [0.3, 0.4) is 0 Å². The highest BCUT2D eigenvalue weighted by atomic mass is 127. The zero-order valence-electron chi connectivity index (χ0n) is 13.4. The number of urea groups is 1. The molecule has 6 nitrogen and oxygen atoms in total. The second-order valence-electron chi connectivity index (χ2n) is 4.97. The molecule has 0 aliphatic carbocycles. The van der Waals surface area contributed by atoms with Crippen LogP contribution in [0.15, 0.2) is 17.8 Å². The molecule has 1 fully saturated rings. The smallest absolute Gasteiger partial charge is 0.329 e. The number of carbonyl (C=O) groups is 2. The van der Waals surface area contributed by atoms with Crippen molar-refractivity contribution in [2.75, 3.05) is 20.3 Å². The summed E-state index contributed by atoms with van der Waals surface area (Å²) in [5.41, 5.74) is 0.954. The van der Waals surface area contributed by atoms with E-state index in [2.05, 4.69) is 33.8 Å². The van der Waals surface area contributed by atoms with Gasteiger partial charge >= 0.3 is 6.03 Å². The molecule has 1 aromatic rings. The highest BCUT2D eigenvalue weighted by Crippen LogP contribution is 2.34. The first kappa shape index (κ1) is 18.1. The quantitative estimate of drug-likeness (QED) is 0.320. The number of imide groups is 1. The van der Waals surface area contributed by atoms with Crippen LogP contribution in [0, 0.1) is 15.9 Å². The van der Waals surface area contributed by atoms with Crippen LogP contribution >= 0.6 is 22.6 Å². The monoisotopic (exact) mass is 440 g/mol. The Morgan fingerprint density at radius 2 is 2.17 bits per heavy atom. The first-order chi connectivity index (χ1) is 11.5. The van der Waals surface area contributed by atoms with Gasteiger partial charge in [0, 0.05) is 6.54 Å². The summed E-state index contributed by atoms with van der Waals surface area (Å²) in [7, 11) is 1.52. The summed E-state index contributed by atoms with van der Waals surface area (Å²) in [6, 6.07) is 3.15. The Labute approximate surface area is 154 Å². The molecule has 24 heavy (non-hydrogen) atoms. The summed E-state index contributed by atoms with van der Waals surface area (Å²) in [5.74, 6) is 3.13. The Balaban J connectivity index is 2.33. The molecule has 0 unspecified atom stereocenters. The highest BCUT2D eigenvalue weighted by Gasteiger charge is 2.32. The molecule has 0 atom stereocenters. The number of ether oxygens (including phenoxy) is 2. The third kappa shape index (κ3) is 3.82. The van der Waals surface area contributed by atoms with Gasteiger partial charge < -0.3 is 14.8 Å². The van der Waals surface area contributed by atoms with Crippen LogP contribution in [-0.4, -0.2) is 37.1 Å². The van der Waals surface area contributed by atoms with Gasteiger partial charge in [0.2, 0.25) is 0 Å². The van der Waals surface area contributed by atoms with E-state index in [-0.39, 0.29) is 18.2 Å². The van der Waals surface area contributed by atoms with Gasteiger partial charge in [0.1, 0.15) is 12.3 Å². The van der Waals surface area contributed by atoms with Crippen molar-refractivity contribution in [3.8, 4) is 23.8 Å². The van der Waals surface area contributed by atoms with Crippen molar-refractivity contribution in [3.63, 3.8) is 0 Å². The maximum atomic E-state index is 12.3. The first-order valence-corrected chi connectivity index (χ1v) is 8.38. The lowest BCUT2D eigenvalue weighted by atomic mass is 10.1. The zero-order valence-corrected chi connectivity index (χ0v) is 15.5. The maximum absolute atomic E-state index is 12.3. The number of hydrogen-bond donors (Lipinski definition) is 1. The summed E-state index contributed by atoms with van der Waals surface area (Å²) >= 11 is 2.10. The topological polar surface area (TPSA) is 67.9 Å². The summed E-state index contributed by atoms with van der Waals surface area (Å²) in [4.78, 5) is 25.3. The molecular weight excluding hydrogens is 423 g/mol. The minimum Gasteiger partial charge on any atom is -0.493 e. The van der Waals surface area contributed by atoms with Gasteiger partial charge in [-0.3, -0.25) is 9.69 Å². The largest absolute Gasteiger partial charge is 0.493 e. The van der Waals surface area contributed by atoms with Crippen LogP contribution in [0.2, 0.25) is 0 Å². The molecule has 1 aliphatic rings. The SMILES string of the molecule is C#CCOc1c(I)cc(/C=C2/NC(=O)N(CCC)C2=O)cc1OC. The number of nitrogens with zero attached hydrogens (tertiary/aromatic N) is 1. The molecule has 126 valence electrons. The normalized spacial score (nSPS) is 15.4. The second kappa shape index (κ2) is 8.06. The van der Waals surface area contributed by atoms with E-state index in [0.717, 1.165) is 3.57 Å². The molecule has 0 aromatic heterocycles. The molecule has 7 heteroatoms. The molecule has 0 radical (unpaired) electrons. The summed E-state index contributed by atoms with van der Waals surface area (Å²) in [6.07, 6.45) is 7.54. The van der Waals surface area contributed by atoms with Gasteiger partial charge in [-0.15, -0.1) is 6.42 Å². The fourth-order valence-corrected chi connectivity index (χ4v) is 3.02. The molecular formula is C17H17IN2O4. The summed E-state index contributed by atoms with van der Waals surface area (Å²) < 4.78 is 11.6. The average molecular weight is 440 g/mol. The molecule has 1 saturated heterocycles. The number of halogens is 1. The Hall–Kier alpha value is -2.21. The van der Waals surface area contributed by atoms with Crippen LogP contribution < -0.4 is 14.8 Å². The molecule has 1 N–H and O–H groups in total. The van der Waals surface area contributed by atoms with Crippen molar-refractivity contribution in [1.82, 2.24) is 10.2 Å². The van der Waals surface area contributed by atoms with Crippen LogP contribution in [0.25, 0.3) is 6.08 Å². The van der Waals surface area contributed by atoms with Gasteiger partial charge in [0.15, 0.2) is 11.5 Å². The Kier molecular flexibility index (Phi) is 6.09. The number of methoxy groups -OCH3 is 1. The Morgan fingerprint density at radius 3 is 2.79 bits per heavy atom. The minimum atomic E-state index is -0.399. The molecule has 0 bridgehead atoms. The number of rotatable bonds is 6. The third-order valence-corrected chi connectivity index (χ3v) is 4.07. The van der Waals surface area contributed by atoms with E-state index in [1.807, 2.05) is 13.0 Å². The van der Waals surface area contributed by atoms with Crippen LogP contribution in [0.5, 0.6) is 11.5 Å². The van der Waals surface area contributed by atoms with Crippen LogP contribution in [0.1, 0.15) is 18.9 Å². The van der Waals surface area contributed by atoms with Crippen molar-refractivity contribution in [3.05, 3.63) is 27.0 Å². The molecule has 1 aliphatic heterocycles. The third-order valence-electron chi connectivity index (χ3n) is 3.27. The Bertz CT molecular complexity index is 737. The molecule has 0 spiro atoms. The van der Waals surface area contributed by atoms with Crippen molar-refractivity contribution in [1.29, 1.82) is 0 Å². The van der Waals surface area contributed by atoms with E-state index in [0.29, 0.717) is 30.0 Å². The average Bonchev–Trinajstić information content (AvgIpc) is 2.81. The molecule has 3 amide bonds. The van der Waals surface area contributed by atoms with Crippen LogP contribution in [-0.2, 0) is 4.79 Å². The predicted molar refractivity (Wildman–Crippen MR) is 98.6 cm³/mol. The van der Waals surface area contributed by atoms with Crippen molar-refractivity contribution < 1.29 is 19.1 Å². The summed E-state index contributed by atoms with van der Waals surface area (Å²) in [5, 5.41) is 2.59. The van der Waals surface area contributed by atoms with Gasteiger partial charge in [0.05, 0.1) is 10.7 Å². The van der Waals surface area contributed by atoms with E-state index in [9.17, 15) is 9.59 Å². The van der Waals surface area contributed by atoms with Gasteiger partial charge in [-0.1, -0.05) is 12.8 Å². The van der Waals surface area contributed by atoms with Crippen LogP contribution in [0.4, 0.5) is 4.79 Å². The van der Waals surface area contributed by atoms with E-state index < -0.39 is 6.03 Å². The number of nitrogens with one attached hydrogen (secondary N) is 1. The molecule has 1 heterocycles. The van der Waals surface area contributed by atoms with E-state index in [1.54, 1.807) is 12.1 Å². The highest BCUT2D eigenvalue weighted by molar-refractivity contribution is 14.1.